The molecule has 0 aliphatic heterocycles. The third kappa shape index (κ3) is 11.4. The summed E-state index contributed by atoms with van der Waals surface area (Å²) in [5.74, 6) is 2.53. The van der Waals surface area contributed by atoms with E-state index in [4.69, 9.17) is 24.2 Å². The normalized spacial score (nSPS) is 11.3. The van der Waals surface area contributed by atoms with Crippen LogP contribution in [0.5, 0.6) is 23.0 Å². The number of rotatable bonds is 12. The number of H-pyrrole nitrogens is 2. The van der Waals surface area contributed by atoms with Crippen LogP contribution in [0.1, 0.15) is 27.8 Å². The van der Waals surface area contributed by atoms with Crippen molar-refractivity contribution in [3.63, 3.8) is 0 Å². The highest BCUT2D eigenvalue weighted by atomic mass is 79.9. The molecule has 17 heteroatoms. The van der Waals surface area contributed by atoms with E-state index in [0.717, 1.165) is 41.0 Å². The Kier molecular flexibility index (Phi) is 14.1. The number of benzene rings is 6. The molecule has 9 nitrogen and oxygen atoms in total. The highest BCUT2D eigenvalue weighted by Crippen LogP contribution is 2.37. The molecule has 0 fully saturated rings. The molecule has 66 heavy (non-hydrogen) atoms. The van der Waals surface area contributed by atoms with Gasteiger partial charge in [-0.25, -0.2) is 14.4 Å². The topological polar surface area (TPSA) is 118 Å². The summed E-state index contributed by atoms with van der Waals surface area (Å²) < 4.78 is 114. The molecule has 0 amide bonds. The van der Waals surface area contributed by atoms with E-state index in [9.17, 15) is 30.7 Å². The van der Waals surface area contributed by atoms with E-state index >= 15 is 0 Å². The Morgan fingerprint density at radius 3 is 1.73 bits per heavy atom. The van der Waals surface area contributed by atoms with Gasteiger partial charge in [-0.1, -0.05) is 58.4 Å². The van der Waals surface area contributed by atoms with E-state index in [0.29, 0.717) is 79.4 Å². The van der Waals surface area contributed by atoms with Crippen LogP contribution in [0.25, 0.3) is 45.3 Å². The maximum atomic E-state index is 14.0. The van der Waals surface area contributed by atoms with Gasteiger partial charge >= 0.3 is 12.4 Å². The third-order valence-corrected chi connectivity index (χ3v) is 10.4. The lowest BCUT2D eigenvalue weighted by molar-refractivity contribution is -0.138. The van der Waals surface area contributed by atoms with Crippen LogP contribution in [-0.2, 0) is 25.6 Å². The van der Waals surface area contributed by atoms with E-state index in [-0.39, 0.29) is 12.4 Å². The van der Waals surface area contributed by atoms with Crippen LogP contribution in [0.4, 0.5) is 30.7 Å². The molecule has 2 heterocycles. The Morgan fingerprint density at radius 1 is 0.591 bits per heavy atom. The fourth-order valence-corrected chi connectivity index (χ4v) is 6.76. The van der Waals surface area contributed by atoms with Crippen LogP contribution in [0.3, 0.4) is 0 Å². The molecule has 336 valence electrons. The lowest BCUT2D eigenvalue weighted by Crippen LogP contribution is -2.04. The van der Waals surface area contributed by atoms with Gasteiger partial charge in [0.25, 0.3) is 0 Å². The number of nitriles is 1. The predicted octanol–water partition coefficient (Wildman–Crippen LogP) is 13.5. The summed E-state index contributed by atoms with van der Waals surface area (Å²) in [6, 6.07) is 34.1. The summed E-state index contributed by atoms with van der Waals surface area (Å²) >= 11 is 3.22. The number of imidazole rings is 2. The first-order valence-corrected chi connectivity index (χ1v) is 20.4. The Labute approximate surface area is 381 Å². The Hall–Kier alpha value is -7.58. The zero-order valence-electron chi connectivity index (χ0n) is 34.7. The van der Waals surface area contributed by atoms with Gasteiger partial charge in [-0.15, -0.1) is 0 Å². The van der Waals surface area contributed by atoms with Gasteiger partial charge in [0.2, 0.25) is 0 Å². The maximum absolute atomic E-state index is 14.0. The molecule has 0 spiro atoms. The van der Waals surface area contributed by atoms with Gasteiger partial charge in [-0.2, -0.15) is 31.6 Å². The third-order valence-electron chi connectivity index (χ3n) is 9.95. The fraction of sp³-hybridized carbons (Fsp3) is 0.122. The minimum Gasteiger partial charge on any atom is -0.496 e. The van der Waals surface area contributed by atoms with Crippen LogP contribution >= 0.6 is 15.9 Å². The first-order valence-electron chi connectivity index (χ1n) is 19.6. The summed E-state index contributed by atoms with van der Waals surface area (Å²) in [5.41, 5.74) is 4.31. The number of hydrogen-bond donors (Lipinski definition) is 2. The Bertz CT molecular complexity index is 2960. The van der Waals surface area contributed by atoms with Crippen LogP contribution in [0, 0.1) is 17.1 Å². The van der Waals surface area contributed by atoms with E-state index in [1.165, 1.54) is 44.6 Å². The van der Waals surface area contributed by atoms with E-state index in [1.54, 1.807) is 67.0 Å². The first-order chi connectivity index (χ1) is 31.6. The molecule has 0 saturated heterocycles. The fourth-order valence-electron chi connectivity index (χ4n) is 6.43. The van der Waals surface area contributed by atoms with Crippen molar-refractivity contribution in [1.29, 1.82) is 5.26 Å². The van der Waals surface area contributed by atoms with Gasteiger partial charge < -0.3 is 28.9 Å². The molecule has 8 aromatic rings. The summed E-state index contributed by atoms with van der Waals surface area (Å²) in [4.78, 5) is 14.8. The minimum atomic E-state index is -4.39. The quantitative estimate of drug-likeness (QED) is 0.117. The van der Waals surface area contributed by atoms with Crippen molar-refractivity contribution in [2.45, 2.75) is 25.6 Å². The van der Waals surface area contributed by atoms with Gasteiger partial charge in [0, 0.05) is 38.4 Å². The molecule has 0 aliphatic rings. The molecule has 0 unspecified atom stereocenters. The van der Waals surface area contributed by atoms with Crippen molar-refractivity contribution in [2.75, 3.05) is 14.2 Å². The number of methoxy groups -OCH3 is 2. The number of ether oxygens (including phenoxy) is 4. The van der Waals surface area contributed by atoms with Gasteiger partial charge in [0.1, 0.15) is 42.2 Å². The molecule has 0 aliphatic carbocycles. The number of nitrogens with one attached hydrogen (secondary N) is 2. The molecule has 6 aromatic carbocycles. The molecule has 0 radical (unpaired) electrons. The second-order valence-electron chi connectivity index (χ2n) is 14.3. The number of aromatic amines is 2. The van der Waals surface area contributed by atoms with E-state index in [2.05, 4.69) is 41.9 Å². The zero-order valence-corrected chi connectivity index (χ0v) is 36.3. The summed E-state index contributed by atoms with van der Waals surface area (Å²) in [7, 11) is 3.03. The molecule has 0 atom stereocenters. The molecular weight excluding hydrogens is 935 g/mol. The molecular formula is C49H35BrF7N5O4. The minimum absolute atomic E-state index is 0.0247. The van der Waals surface area contributed by atoms with Crippen molar-refractivity contribution < 1.29 is 49.7 Å². The summed E-state index contributed by atoms with van der Waals surface area (Å²) in [6.07, 6.45) is -5.60. The summed E-state index contributed by atoms with van der Waals surface area (Å²) in [6.45, 7) is 0.354. The van der Waals surface area contributed by atoms with Gasteiger partial charge in [0.05, 0.1) is 60.8 Å². The van der Waals surface area contributed by atoms with Crippen molar-refractivity contribution in [3.05, 3.63) is 178 Å². The lowest BCUT2D eigenvalue weighted by atomic mass is 10.1. The van der Waals surface area contributed by atoms with Crippen molar-refractivity contribution in [1.82, 2.24) is 19.9 Å². The predicted molar refractivity (Wildman–Crippen MR) is 236 cm³/mol. The highest BCUT2D eigenvalue weighted by molar-refractivity contribution is 9.10. The maximum Gasteiger partial charge on any atom is 0.416 e. The standard InChI is InChI=1S/C25H18F3N3O2.C24H17BrF4N2O2/c1-32-23-12-20(33-15-17-4-2-16(13-29)3-5-17)10-11-21(23)22-14-30-24(31-22)18-6-8-19(9-7-18)25(26,27)28;1-32-22-10-15(5-9-21(22)33-13-16-4-8-18(25)11-19(16)26)20-12-30-23(31-20)14-2-6-17(7-3-14)24(27,28)29/h2-12,14H,15H2,1H3,(H,30,31);2-12H,13H2,1H3,(H,30,31). The number of nitrogens with zero attached hydrogens (tertiary/aromatic N) is 3. The average Bonchev–Trinajstić information content (AvgIpc) is 4.02. The van der Waals surface area contributed by atoms with Crippen LogP contribution in [-0.4, -0.2) is 34.2 Å². The molecule has 0 saturated carbocycles. The number of halogens is 8. The molecule has 8 rings (SSSR count). The second-order valence-corrected chi connectivity index (χ2v) is 15.2. The van der Waals surface area contributed by atoms with Crippen molar-refractivity contribution in [3.8, 4) is 74.4 Å². The molecule has 0 bridgehead atoms. The first kappa shape index (κ1) is 46.4. The monoisotopic (exact) mass is 969 g/mol. The smallest absolute Gasteiger partial charge is 0.416 e. The van der Waals surface area contributed by atoms with E-state index < -0.39 is 23.5 Å². The van der Waals surface area contributed by atoms with Crippen molar-refractivity contribution >= 4 is 15.9 Å². The van der Waals surface area contributed by atoms with Crippen molar-refractivity contribution in [2.24, 2.45) is 0 Å². The van der Waals surface area contributed by atoms with E-state index in [1.807, 2.05) is 18.2 Å². The van der Waals surface area contributed by atoms with Gasteiger partial charge in [0.15, 0.2) is 11.5 Å². The van der Waals surface area contributed by atoms with Gasteiger partial charge in [-0.05, 0) is 84.4 Å². The molecule has 2 N–H and O–H groups in total. The molecule has 2 aromatic heterocycles. The SMILES string of the molecule is COc1cc(-c2cnc(-c3ccc(C(F)(F)F)cc3)[nH]2)ccc1OCc1ccc(Br)cc1F.COc1cc(OCc2ccc(C#N)cc2)ccc1-c1cnc(-c2ccc(C(F)(F)F)cc2)[nH]1. The second kappa shape index (κ2) is 20.1. The van der Waals surface area contributed by atoms with Crippen LogP contribution < -0.4 is 18.9 Å². The van der Waals surface area contributed by atoms with Crippen LogP contribution in [0.2, 0.25) is 0 Å². The lowest BCUT2D eigenvalue weighted by Gasteiger charge is -2.12. The largest absolute Gasteiger partial charge is 0.496 e. The number of aromatic nitrogens is 4. The highest BCUT2D eigenvalue weighted by Gasteiger charge is 2.31. The number of hydrogen-bond acceptors (Lipinski definition) is 7. The zero-order chi connectivity index (χ0) is 47.0. The average molecular weight is 971 g/mol. The number of alkyl halides is 6. The summed E-state index contributed by atoms with van der Waals surface area (Å²) in [5, 5.41) is 8.88. The van der Waals surface area contributed by atoms with Crippen LogP contribution in [0.15, 0.2) is 144 Å². The Morgan fingerprint density at radius 2 is 1.17 bits per heavy atom. The van der Waals surface area contributed by atoms with Gasteiger partial charge in [-0.3, -0.25) is 0 Å². The Balaban J connectivity index is 0.000000196.